The van der Waals surface area contributed by atoms with Gasteiger partial charge in [0, 0.05) is 25.2 Å². The van der Waals surface area contributed by atoms with Gasteiger partial charge in [0.2, 0.25) is 0 Å². The SMILES string of the molecule is CN=C(C(=O)N(CCc1ccc(C)cc1)C1CCC(c2ccccc2)CC1)/C(C=C(C)C)=C/C(C)(C)Cl. The average Bonchev–Trinajstić information content (AvgIpc) is 2.85. The zero-order valence-electron chi connectivity index (χ0n) is 23.4. The summed E-state index contributed by atoms with van der Waals surface area (Å²) in [6.45, 7) is 10.7. The third-order valence-corrected chi connectivity index (χ3v) is 7.18. The van der Waals surface area contributed by atoms with Crippen LogP contribution in [0, 0.1) is 6.92 Å². The molecule has 0 aromatic heterocycles. The lowest BCUT2D eigenvalue weighted by molar-refractivity contribution is -0.126. The molecule has 1 saturated carbocycles. The number of alkyl halides is 1. The van der Waals surface area contributed by atoms with Gasteiger partial charge in [0.05, 0.1) is 4.87 Å². The zero-order chi connectivity index (χ0) is 27.0. The first kappa shape index (κ1) is 28.9. The van der Waals surface area contributed by atoms with Gasteiger partial charge in [0.15, 0.2) is 0 Å². The highest BCUT2D eigenvalue weighted by Crippen LogP contribution is 2.35. The summed E-state index contributed by atoms with van der Waals surface area (Å²) in [5.74, 6) is 0.562. The number of rotatable bonds is 9. The van der Waals surface area contributed by atoms with Crippen molar-refractivity contribution in [2.24, 2.45) is 4.99 Å². The number of aryl methyl sites for hydroxylation is 1. The van der Waals surface area contributed by atoms with Gasteiger partial charge in [-0.3, -0.25) is 9.79 Å². The molecule has 3 rings (SSSR count). The van der Waals surface area contributed by atoms with Crippen LogP contribution in [0.2, 0.25) is 0 Å². The summed E-state index contributed by atoms with van der Waals surface area (Å²) in [7, 11) is 1.71. The Morgan fingerprint density at radius 3 is 2.19 bits per heavy atom. The van der Waals surface area contributed by atoms with Crippen molar-refractivity contribution in [3.05, 3.63) is 94.6 Å². The van der Waals surface area contributed by atoms with Gasteiger partial charge in [-0.05, 0) is 83.8 Å². The fourth-order valence-corrected chi connectivity index (χ4v) is 5.36. The highest BCUT2D eigenvalue weighted by Gasteiger charge is 2.32. The van der Waals surface area contributed by atoms with E-state index in [0.717, 1.165) is 43.3 Å². The van der Waals surface area contributed by atoms with Gasteiger partial charge in [-0.2, -0.15) is 0 Å². The predicted molar refractivity (Wildman–Crippen MR) is 159 cm³/mol. The molecule has 0 aliphatic heterocycles. The molecule has 0 N–H and O–H groups in total. The molecule has 1 aliphatic carbocycles. The van der Waals surface area contributed by atoms with E-state index in [0.29, 0.717) is 18.2 Å². The summed E-state index contributed by atoms with van der Waals surface area (Å²) < 4.78 is 0. The van der Waals surface area contributed by atoms with E-state index in [-0.39, 0.29) is 11.9 Å². The van der Waals surface area contributed by atoms with E-state index in [2.05, 4.69) is 71.4 Å². The van der Waals surface area contributed by atoms with E-state index in [1.807, 2.05) is 39.8 Å². The molecule has 0 bridgehead atoms. The highest BCUT2D eigenvalue weighted by molar-refractivity contribution is 6.46. The lowest BCUT2D eigenvalue weighted by Gasteiger charge is -2.37. The molecule has 2 aromatic rings. The maximum Gasteiger partial charge on any atom is 0.272 e. The second kappa shape index (κ2) is 13.2. The Hall–Kier alpha value is -2.65. The largest absolute Gasteiger partial charge is 0.334 e. The van der Waals surface area contributed by atoms with Gasteiger partial charge in [-0.15, -0.1) is 11.6 Å². The first-order chi connectivity index (χ1) is 17.6. The molecule has 0 radical (unpaired) electrons. The van der Waals surface area contributed by atoms with Crippen LogP contribution >= 0.6 is 11.6 Å². The summed E-state index contributed by atoms with van der Waals surface area (Å²) >= 11 is 6.59. The number of hydrogen-bond acceptors (Lipinski definition) is 2. The van der Waals surface area contributed by atoms with E-state index in [1.54, 1.807) is 7.05 Å². The number of hydrogen-bond donors (Lipinski definition) is 0. The van der Waals surface area contributed by atoms with Crippen molar-refractivity contribution in [3.63, 3.8) is 0 Å². The van der Waals surface area contributed by atoms with Crippen molar-refractivity contribution >= 4 is 23.2 Å². The normalized spacial score (nSPS) is 18.9. The quantitative estimate of drug-likeness (QED) is 0.187. The second-order valence-corrected chi connectivity index (χ2v) is 12.1. The van der Waals surface area contributed by atoms with E-state index < -0.39 is 4.87 Å². The van der Waals surface area contributed by atoms with Crippen LogP contribution in [0.25, 0.3) is 0 Å². The smallest absolute Gasteiger partial charge is 0.272 e. The van der Waals surface area contributed by atoms with Gasteiger partial charge in [0.25, 0.3) is 5.91 Å². The van der Waals surface area contributed by atoms with Crippen molar-refractivity contribution in [1.82, 2.24) is 4.90 Å². The topological polar surface area (TPSA) is 32.7 Å². The van der Waals surface area contributed by atoms with Crippen LogP contribution in [-0.2, 0) is 11.2 Å². The van der Waals surface area contributed by atoms with Crippen molar-refractivity contribution in [2.75, 3.05) is 13.6 Å². The molecule has 0 atom stereocenters. The molecule has 1 fully saturated rings. The third-order valence-electron chi connectivity index (χ3n) is 7.07. The monoisotopic (exact) mass is 518 g/mol. The molecule has 198 valence electrons. The van der Waals surface area contributed by atoms with Gasteiger partial charge >= 0.3 is 0 Å². The molecule has 2 aromatic carbocycles. The second-order valence-electron chi connectivity index (χ2n) is 11.1. The molecule has 0 unspecified atom stereocenters. The van der Waals surface area contributed by atoms with Crippen LogP contribution < -0.4 is 0 Å². The van der Waals surface area contributed by atoms with E-state index in [1.165, 1.54) is 16.7 Å². The first-order valence-electron chi connectivity index (χ1n) is 13.5. The number of nitrogens with zero attached hydrogens (tertiary/aromatic N) is 2. The standard InChI is InChI=1S/C33H43ClN2O/c1-24(2)22-29(23-33(4,5)34)31(35-6)32(37)36(21-20-26-14-12-25(3)13-15-26)30-18-16-28(17-19-30)27-10-8-7-9-11-27/h7-15,22-23,28,30H,16-21H2,1-6H3/b29-23+,35-31?. The van der Waals surface area contributed by atoms with Crippen LogP contribution in [0.5, 0.6) is 0 Å². The molecular formula is C33H43ClN2O. The molecule has 0 saturated heterocycles. The average molecular weight is 519 g/mol. The molecule has 1 amide bonds. The van der Waals surface area contributed by atoms with Crippen LogP contribution in [-0.4, -0.2) is 41.0 Å². The Kier molecular flexibility index (Phi) is 10.3. The Labute approximate surface area is 229 Å². The minimum Gasteiger partial charge on any atom is -0.334 e. The van der Waals surface area contributed by atoms with Crippen LogP contribution in [0.1, 0.15) is 76.0 Å². The van der Waals surface area contributed by atoms with E-state index in [9.17, 15) is 4.79 Å². The van der Waals surface area contributed by atoms with Gasteiger partial charge in [-0.25, -0.2) is 0 Å². The maximum atomic E-state index is 14.2. The van der Waals surface area contributed by atoms with Gasteiger partial charge in [0.1, 0.15) is 5.71 Å². The number of carbonyl (C=O) groups excluding carboxylic acids is 1. The lowest BCUT2D eigenvalue weighted by atomic mass is 9.81. The lowest BCUT2D eigenvalue weighted by Crippen LogP contribution is -2.47. The van der Waals surface area contributed by atoms with Crippen molar-refractivity contribution < 1.29 is 4.79 Å². The Morgan fingerprint density at radius 2 is 1.65 bits per heavy atom. The minimum absolute atomic E-state index is 0.00226. The maximum absolute atomic E-state index is 14.2. The Balaban J connectivity index is 1.87. The van der Waals surface area contributed by atoms with Crippen LogP contribution in [0.4, 0.5) is 0 Å². The molecule has 4 heteroatoms. The molecule has 3 nitrogen and oxygen atoms in total. The van der Waals surface area contributed by atoms with Gasteiger partial charge < -0.3 is 4.90 Å². The van der Waals surface area contributed by atoms with E-state index >= 15 is 0 Å². The summed E-state index contributed by atoms with van der Waals surface area (Å²) in [5, 5.41) is 0. The summed E-state index contributed by atoms with van der Waals surface area (Å²) in [6, 6.07) is 19.6. The van der Waals surface area contributed by atoms with Gasteiger partial charge in [-0.1, -0.05) is 77.9 Å². The summed E-state index contributed by atoms with van der Waals surface area (Å²) in [4.78, 5) is 20.2. The summed E-state index contributed by atoms with van der Waals surface area (Å²) in [6.07, 6.45) is 8.98. The fourth-order valence-electron chi connectivity index (χ4n) is 5.24. The fraction of sp³-hybridized carbons (Fsp3) is 0.455. The number of aliphatic imine (C=N–C) groups is 1. The first-order valence-corrected chi connectivity index (χ1v) is 13.9. The van der Waals surface area contributed by atoms with Crippen molar-refractivity contribution in [2.45, 2.75) is 83.6 Å². The molecular weight excluding hydrogens is 476 g/mol. The van der Waals surface area contributed by atoms with E-state index in [4.69, 9.17) is 11.6 Å². The Morgan fingerprint density at radius 1 is 1.03 bits per heavy atom. The number of carbonyl (C=O) groups is 1. The number of benzene rings is 2. The molecule has 0 spiro atoms. The highest BCUT2D eigenvalue weighted by atomic mass is 35.5. The number of amides is 1. The number of halogens is 1. The minimum atomic E-state index is -0.585. The predicted octanol–water partition coefficient (Wildman–Crippen LogP) is 8.07. The van der Waals surface area contributed by atoms with Crippen LogP contribution in [0.15, 0.2) is 82.9 Å². The Bertz CT molecular complexity index is 1110. The summed E-state index contributed by atoms with van der Waals surface area (Å²) in [5.41, 5.74) is 6.30. The van der Waals surface area contributed by atoms with Crippen molar-refractivity contribution in [1.29, 1.82) is 0 Å². The molecule has 0 heterocycles. The molecule has 37 heavy (non-hydrogen) atoms. The molecule has 1 aliphatic rings. The van der Waals surface area contributed by atoms with Crippen molar-refractivity contribution in [3.8, 4) is 0 Å². The number of allylic oxidation sites excluding steroid dienone is 3. The third kappa shape index (κ3) is 8.71. The van der Waals surface area contributed by atoms with Crippen LogP contribution in [0.3, 0.4) is 0 Å². The zero-order valence-corrected chi connectivity index (χ0v) is 24.2.